The van der Waals surface area contributed by atoms with Crippen LogP contribution < -0.4 is 19.8 Å². The van der Waals surface area contributed by atoms with Crippen LogP contribution in [0.1, 0.15) is 6.92 Å². The number of methoxy groups -OCH3 is 2. The molecule has 3 heterocycles. The van der Waals surface area contributed by atoms with E-state index in [0.717, 1.165) is 17.0 Å². The Morgan fingerprint density at radius 2 is 1.94 bits per heavy atom. The Morgan fingerprint density at radius 1 is 1.16 bits per heavy atom. The van der Waals surface area contributed by atoms with Crippen molar-refractivity contribution in [3.63, 3.8) is 0 Å². The van der Waals surface area contributed by atoms with Gasteiger partial charge in [0.25, 0.3) is 0 Å². The van der Waals surface area contributed by atoms with Crippen molar-refractivity contribution < 1.29 is 14.3 Å². The van der Waals surface area contributed by atoms with Crippen LogP contribution in [0.5, 0.6) is 11.5 Å². The van der Waals surface area contributed by atoms with Crippen molar-refractivity contribution in [1.29, 1.82) is 0 Å². The zero-order valence-corrected chi connectivity index (χ0v) is 18.4. The molecule has 1 aromatic carbocycles. The number of carbonyl (C=O) groups is 1. The molecule has 162 valence electrons. The minimum Gasteiger partial charge on any atom is -0.497 e. The number of likely N-dealkylation sites (N-methyl/N-ethyl adjacent to an activating group) is 1. The highest BCUT2D eigenvalue weighted by molar-refractivity contribution is 6.35. The molecule has 0 radical (unpaired) electrons. The summed E-state index contributed by atoms with van der Waals surface area (Å²) in [5, 5.41) is 2.32. The molecule has 4 rings (SSSR count). The summed E-state index contributed by atoms with van der Waals surface area (Å²) in [6.45, 7) is 3.44. The van der Waals surface area contributed by atoms with Gasteiger partial charge in [-0.05, 0) is 30.7 Å². The van der Waals surface area contributed by atoms with E-state index in [1.54, 1.807) is 41.4 Å². The maximum Gasteiger partial charge on any atom is 0.329 e. The number of hydrazine groups is 1. The number of pyridine rings is 1. The molecule has 2 amide bonds. The fraction of sp³-hybridized carbons (Fsp3) is 0.273. The third-order valence-electron chi connectivity index (χ3n) is 5.27. The molecule has 2 aromatic rings. The highest BCUT2D eigenvalue weighted by Crippen LogP contribution is 2.41. The number of hydrogen-bond donors (Lipinski definition) is 1. The summed E-state index contributed by atoms with van der Waals surface area (Å²) >= 11 is 6.57. The van der Waals surface area contributed by atoms with Gasteiger partial charge in [-0.3, -0.25) is 25.2 Å². The smallest absolute Gasteiger partial charge is 0.329 e. The summed E-state index contributed by atoms with van der Waals surface area (Å²) in [6, 6.07) is 7.10. The number of ether oxygens (including phenoxy) is 2. The van der Waals surface area contributed by atoms with E-state index in [-0.39, 0.29) is 6.03 Å². The van der Waals surface area contributed by atoms with Gasteiger partial charge in [0, 0.05) is 43.0 Å². The zero-order chi connectivity index (χ0) is 22.0. The number of amides is 2. The largest absolute Gasteiger partial charge is 0.497 e. The minimum absolute atomic E-state index is 0.141. The Balaban J connectivity index is 1.64. The van der Waals surface area contributed by atoms with E-state index in [9.17, 15) is 4.79 Å². The number of rotatable bonds is 6. The number of carbonyl (C=O) groups excluding carboxylic acids is 1. The van der Waals surface area contributed by atoms with Gasteiger partial charge < -0.3 is 9.47 Å². The van der Waals surface area contributed by atoms with Crippen molar-refractivity contribution in [2.75, 3.05) is 44.2 Å². The SMILES string of the molecule is CCN1C(=O)N(c2cc(OC)cc(OC)c2Cl)CC2=C1CN(Nc1ccncc1)C=C2. The summed E-state index contributed by atoms with van der Waals surface area (Å²) in [5.41, 5.74) is 6.80. The first kappa shape index (κ1) is 20.9. The van der Waals surface area contributed by atoms with E-state index in [1.807, 2.05) is 36.3 Å². The quantitative estimate of drug-likeness (QED) is 0.727. The van der Waals surface area contributed by atoms with Crippen molar-refractivity contribution in [2.45, 2.75) is 6.92 Å². The van der Waals surface area contributed by atoms with Crippen LogP contribution >= 0.6 is 11.6 Å². The summed E-state index contributed by atoms with van der Waals surface area (Å²) in [4.78, 5) is 20.9. The lowest BCUT2D eigenvalue weighted by atomic mass is 10.1. The molecule has 0 unspecified atom stereocenters. The zero-order valence-electron chi connectivity index (χ0n) is 17.6. The summed E-state index contributed by atoms with van der Waals surface area (Å²) in [6.07, 6.45) is 7.44. The van der Waals surface area contributed by atoms with Gasteiger partial charge in [-0.25, -0.2) is 4.79 Å². The molecule has 0 atom stereocenters. The molecular weight excluding hydrogens is 418 g/mol. The lowest BCUT2D eigenvalue weighted by Crippen LogP contribution is -2.51. The van der Waals surface area contributed by atoms with Crippen molar-refractivity contribution >= 4 is 29.0 Å². The molecule has 2 aliphatic heterocycles. The van der Waals surface area contributed by atoms with Gasteiger partial charge in [-0.1, -0.05) is 11.6 Å². The Hall–Kier alpha value is -3.39. The van der Waals surface area contributed by atoms with E-state index in [0.29, 0.717) is 41.8 Å². The third kappa shape index (κ3) is 3.98. The molecule has 2 aliphatic rings. The van der Waals surface area contributed by atoms with E-state index in [2.05, 4.69) is 10.4 Å². The van der Waals surface area contributed by atoms with Gasteiger partial charge in [-0.15, -0.1) is 0 Å². The van der Waals surface area contributed by atoms with Crippen LogP contribution in [0.15, 0.2) is 60.2 Å². The van der Waals surface area contributed by atoms with Crippen molar-refractivity contribution in [1.82, 2.24) is 14.9 Å². The number of halogens is 1. The van der Waals surface area contributed by atoms with Gasteiger partial charge in [0.15, 0.2) is 0 Å². The maximum atomic E-state index is 13.4. The molecule has 0 fully saturated rings. The van der Waals surface area contributed by atoms with Crippen LogP contribution in [0.2, 0.25) is 5.02 Å². The lowest BCUT2D eigenvalue weighted by molar-refractivity contribution is 0.212. The molecule has 0 aliphatic carbocycles. The lowest BCUT2D eigenvalue weighted by Gasteiger charge is -2.41. The fourth-order valence-corrected chi connectivity index (χ4v) is 3.99. The van der Waals surface area contributed by atoms with Crippen LogP contribution in [-0.4, -0.2) is 54.8 Å². The van der Waals surface area contributed by atoms with E-state index in [1.165, 1.54) is 7.11 Å². The Labute approximate surface area is 186 Å². The number of aromatic nitrogens is 1. The fourth-order valence-electron chi connectivity index (χ4n) is 3.70. The summed E-state index contributed by atoms with van der Waals surface area (Å²) < 4.78 is 10.7. The molecule has 1 aromatic heterocycles. The second-order valence-corrected chi connectivity index (χ2v) is 7.42. The molecule has 9 heteroatoms. The second kappa shape index (κ2) is 8.77. The van der Waals surface area contributed by atoms with Crippen molar-refractivity contribution in [3.8, 4) is 11.5 Å². The Morgan fingerprint density at radius 3 is 2.61 bits per heavy atom. The molecular formula is C22H24ClN5O3. The van der Waals surface area contributed by atoms with Crippen molar-refractivity contribution in [2.24, 2.45) is 0 Å². The molecule has 1 N–H and O–H groups in total. The predicted molar refractivity (Wildman–Crippen MR) is 120 cm³/mol. The average Bonchev–Trinajstić information content (AvgIpc) is 2.80. The van der Waals surface area contributed by atoms with Crippen LogP contribution in [0, 0.1) is 0 Å². The first-order chi connectivity index (χ1) is 15.0. The first-order valence-corrected chi connectivity index (χ1v) is 10.3. The summed E-state index contributed by atoms with van der Waals surface area (Å²) in [7, 11) is 3.10. The Kier molecular flexibility index (Phi) is 5.90. The summed E-state index contributed by atoms with van der Waals surface area (Å²) in [5.74, 6) is 1.03. The van der Waals surface area contributed by atoms with E-state index in [4.69, 9.17) is 21.1 Å². The normalized spacial score (nSPS) is 15.9. The number of benzene rings is 1. The topological polar surface area (TPSA) is 70.2 Å². The predicted octanol–water partition coefficient (Wildman–Crippen LogP) is 4.12. The van der Waals surface area contributed by atoms with Gasteiger partial charge in [0.1, 0.15) is 16.5 Å². The number of anilines is 2. The van der Waals surface area contributed by atoms with Crippen LogP contribution in [0.25, 0.3) is 0 Å². The first-order valence-electron chi connectivity index (χ1n) is 9.89. The Bertz CT molecular complexity index is 1040. The number of nitrogens with zero attached hydrogens (tertiary/aromatic N) is 4. The van der Waals surface area contributed by atoms with Gasteiger partial charge in [-0.2, -0.15) is 0 Å². The van der Waals surface area contributed by atoms with Gasteiger partial charge in [0.2, 0.25) is 0 Å². The van der Waals surface area contributed by atoms with Crippen LogP contribution in [-0.2, 0) is 0 Å². The molecule has 8 nitrogen and oxygen atoms in total. The number of hydrogen-bond acceptors (Lipinski definition) is 6. The standard InChI is InChI=1S/C22H24ClN5O3/c1-4-27-19-14-26(25-16-5-8-24-9-6-16)10-7-15(19)13-28(22(27)29)18-11-17(30-2)12-20(31-3)21(18)23/h5-12H,4,13-14H2,1-3H3,(H,24,25). The van der Waals surface area contributed by atoms with Gasteiger partial charge >= 0.3 is 6.03 Å². The highest BCUT2D eigenvalue weighted by Gasteiger charge is 2.35. The second-order valence-electron chi connectivity index (χ2n) is 7.04. The van der Waals surface area contributed by atoms with E-state index < -0.39 is 0 Å². The van der Waals surface area contributed by atoms with Crippen LogP contribution in [0.3, 0.4) is 0 Å². The molecule has 0 bridgehead atoms. The molecule has 31 heavy (non-hydrogen) atoms. The molecule has 0 spiro atoms. The monoisotopic (exact) mass is 441 g/mol. The minimum atomic E-state index is -0.141. The third-order valence-corrected chi connectivity index (χ3v) is 5.65. The highest BCUT2D eigenvalue weighted by atomic mass is 35.5. The van der Waals surface area contributed by atoms with Crippen molar-refractivity contribution in [3.05, 3.63) is 65.2 Å². The van der Waals surface area contributed by atoms with Gasteiger partial charge in [0.05, 0.1) is 38.7 Å². The number of nitrogens with one attached hydrogen (secondary N) is 1. The number of urea groups is 1. The average molecular weight is 442 g/mol. The van der Waals surface area contributed by atoms with Crippen LogP contribution in [0.4, 0.5) is 16.2 Å². The molecule has 0 saturated heterocycles. The maximum absolute atomic E-state index is 13.4. The molecule has 0 saturated carbocycles. The van der Waals surface area contributed by atoms with E-state index >= 15 is 0 Å².